The first kappa shape index (κ1) is 13.2. The second-order valence-corrected chi connectivity index (χ2v) is 5.32. The van der Waals surface area contributed by atoms with Crippen LogP contribution >= 0.6 is 0 Å². The molecular formula is C17H15FN4. The topological polar surface area (TPSA) is 42.7 Å². The van der Waals surface area contributed by atoms with Crippen molar-refractivity contribution in [3.8, 4) is 16.9 Å². The van der Waals surface area contributed by atoms with E-state index in [1.54, 1.807) is 24.5 Å². The summed E-state index contributed by atoms with van der Waals surface area (Å²) >= 11 is 0. The average molecular weight is 294 g/mol. The first-order valence-electron chi connectivity index (χ1n) is 7.31. The number of fused-ring (bicyclic) bond motifs is 1. The van der Waals surface area contributed by atoms with Crippen molar-refractivity contribution in [2.75, 3.05) is 6.54 Å². The van der Waals surface area contributed by atoms with Crippen LogP contribution in [-0.2, 0) is 13.0 Å². The van der Waals surface area contributed by atoms with Crippen molar-refractivity contribution in [1.29, 1.82) is 0 Å². The van der Waals surface area contributed by atoms with Gasteiger partial charge in [0.05, 0.1) is 17.1 Å². The molecule has 1 aromatic carbocycles. The molecule has 5 heteroatoms. The fraction of sp³-hybridized carbons (Fsp3) is 0.176. The van der Waals surface area contributed by atoms with Crippen LogP contribution in [0.2, 0.25) is 0 Å². The van der Waals surface area contributed by atoms with E-state index < -0.39 is 0 Å². The highest BCUT2D eigenvalue weighted by atomic mass is 19.1. The van der Waals surface area contributed by atoms with E-state index in [1.807, 2.05) is 16.8 Å². The van der Waals surface area contributed by atoms with Crippen LogP contribution in [-0.4, -0.2) is 21.3 Å². The Bertz CT molecular complexity index is 794. The van der Waals surface area contributed by atoms with Gasteiger partial charge in [0.2, 0.25) is 0 Å². The van der Waals surface area contributed by atoms with Crippen LogP contribution < -0.4 is 5.32 Å². The largest absolute Gasteiger partial charge is 0.312 e. The Kier molecular flexibility index (Phi) is 3.20. The van der Waals surface area contributed by atoms with Crippen LogP contribution in [0.25, 0.3) is 16.9 Å². The molecule has 110 valence electrons. The van der Waals surface area contributed by atoms with Crippen LogP contribution in [0.1, 0.15) is 11.3 Å². The Hall–Kier alpha value is -2.53. The molecule has 0 unspecified atom stereocenters. The summed E-state index contributed by atoms with van der Waals surface area (Å²) in [6, 6.07) is 10.4. The second kappa shape index (κ2) is 5.35. The van der Waals surface area contributed by atoms with Gasteiger partial charge in [0.1, 0.15) is 5.82 Å². The van der Waals surface area contributed by atoms with E-state index in [0.29, 0.717) is 0 Å². The molecule has 3 aromatic rings. The van der Waals surface area contributed by atoms with E-state index >= 15 is 0 Å². The van der Waals surface area contributed by atoms with E-state index in [4.69, 9.17) is 5.10 Å². The van der Waals surface area contributed by atoms with Crippen molar-refractivity contribution in [2.45, 2.75) is 13.0 Å². The van der Waals surface area contributed by atoms with Crippen molar-refractivity contribution < 1.29 is 4.39 Å². The zero-order valence-electron chi connectivity index (χ0n) is 12.0. The van der Waals surface area contributed by atoms with Crippen LogP contribution in [0.4, 0.5) is 4.39 Å². The lowest BCUT2D eigenvalue weighted by molar-refractivity contribution is 0.618. The van der Waals surface area contributed by atoms with Crippen molar-refractivity contribution >= 4 is 0 Å². The molecule has 0 spiro atoms. The summed E-state index contributed by atoms with van der Waals surface area (Å²) in [6.07, 6.45) is 4.45. The molecular weight excluding hydrogens is 279 g/mol. The van der Waals surface area contributed by atoms with E-state index in [9.17, 15) is 4.39 Å². The second-order valence-electron chi connectivity index (χ2n) is 5.32. The smallest absolute Gasteiger partial charge is 0.123 e. The molecule has 0 amide bonds. The first-order valence-corrected chi connectivity index (χ1v) is 7.31. The van der Waals surface area contributed by atoms with E-state index in [-0.39, 0.29) is 5.82 Å². The van der Waals surface area contributed by atoms with Crippen molar-refractivity contribution in [3.63, 3.8) is 0 Å². The maximum Gasteiger partial charge on any atom is 0.123 e. The zero-order chi connectivity index (χ0) is 14.9. The summed E-state index contributed by atoms with van der Waals surface area (Å²) in [5, 5.41) is 8.18. The number of benzene rings is 1. The molecule has 2 aromatic heterocycles. The van der Waals surface area contributed by atoms with Gasteiger partial charge in [-0.1, -0.05) is 0 Å². The Balaban J connectivity index is 1.89. The number of hydrogen-bond donors (Lipinski definition) is 1. The normalized spacial score (nSPS) is 13.9. The Morgan fingerprint density at radius 1 is 1.05 bits per heavy atom. The Morgan fingerprint density at radius 2 is 1.82 bits per heavy atom. The number of hydrogen-bond acceptors (Lipinski definition) is 3. The summed E-state index contributed by atoms with van der Waals surface area (Å²) in [6.45, 7) is 1.73. The van der Waals surface area contributed by atoms with Crippen molar-refractivity contribution in [2.24, 2.45) is 0 Å². The fourth-order valence-electron chi connectivity index (χ4n) is 2.89. The third kappa shape index (κ3) is 2.19. The monoisotopic (exact) mass is 294 g/mol. The molecule has 3 heterocycles. The molecule has 4 nitrogen and oxygen atoms in total. The zero-order valence-corrected chi connectivity index (χ0v) is 12.0. The molecule has 0 saturated carbocycles. The van der Waals surface area contributed by atoms with Gasteiger partial charge in [-0.05, 0) is 36.4 Å². The molecule has 0 bridgehead atoms. The highest BCUT2D eigenvalue weighted by molar-refractivity contribution is 5.64. The van der Waals surface area contributed by atoms with Gasteiger partial charge < -0.3 is 5.32 Å². The lowest BCUT2D eigenvalue weighted by atomic mass is 10.0. The molecule has 1 aliphatic heterocycles. The molecule has 1 N–H and O–H groups in total. The van der Waals surface area contributed by atoms with Crippen LogP contribution in [0.3, 0.4) is 0 Å². The lowest BCUT2D eigenvalue weighted by Crippen LogP contribution is -2.24. The van der Waals surface area contributed by atoms with E-state index in [0.717, 1.165) is 36.5 Å². The predicted octanol–water partition coefficient (Wildman–Crippen LogP) is 2.72. The molecule has 4 rings (SSSR count). The third-order valence-corrected chi connectivity index (χ3v) is 3.96. The minimum atomic E-state index is -0.235. The van der Waals surface area contributed by atoms with Crippen LogP contribution in [0.5, 0.6) is 0 Å². The quantitative estimate of drug-likeness (QED) is 0.790. The molecule has 0 radical (unpaired) electrons. The molecule has 0 fully saturated rings. The van der Waals surface area contributed by atoms with Gasteiger partial charge in [0, 0.05) is 43.0 Å². The summed E-state index contributed by atoms with van der Waals surface area (Å²) in [5.41, 5.74) is 5.31. The third-order valence-electron chi connectivity index (χ3n) is 3.96. The maximum atomic E-state index is 13.2. The summed E-state index contributed by atoms with van der Waals surface area (Å²) in [7, 11) is 0. The van der Waals surface area contributed by atoms with E-state index in [2.05, 4.69) is 10.3 Å². The number of pyridine rings is 1. The fourth-order valence-corrected chi connectivity index (χ4v) is 2.89. The maximum absolute atomic E-state index is 13.2. The van der Waals surface area contributed by atoms with Crippen molar-refractivity contribution in [1.82, 2.24) is 20.1 Å². The summed E-state index contributed by atoms with van der Waals surface area (Å²) < 4.78 is 15.1. The highest BCUT2D eigenvalue weighted by Crippen LogP contribution is 2.29. The average Bonchev–Trinajstić information content (AvgIpc) is 2.96. The number of rotatable bonds is 2. The van der Waals surface area contributed by atoms with Gasteiger partial charge in [-0.25, -0.2) is 9.07 Å². The number of nitrogens with one attached hydrogen (secondary N) is 1. The minimum absolute atomic E-state index is 0.235. The van der Waals surface area contributed by atoms with Crippen LogP contribution in [0.15, 0.2) is 48.8 Å². The SMILES string of the molecule is Fc1ccc(-n2nc(-c3ccncc3)c3c2CCNC3)cc1. The lowest BCUT2D eigenvalue weighted by Gasteiger charge is -2.15. The molecule has 1 aliphatic rings. The number of halogens is 1. The molecule has 22 heavy (non-hydrogen) atoms. The van der Waals surface area contributed by atoms with Crippen molar-refractivity contribution in [3.05, 3.63) is 65.9 Å². The van der Waals surface area contributed by atoms with Gasteiger partial charge in [-0.2, -0.15) is 5.10 Å². The number of nitrogens with zero attached hydrogens (tertiary/aromatic N) is 3. The minimum Gasteiger partial charge on any atom is -0.312 e. The van der Waals surface area contributed by atoms with Gasteiger partial charge in [-0.15, -0.1) is 0 Å². The standard InChI is InChI=1S/C17H15FN4/c18-13-1-3-14(4-2-13)22-16-7-10-20-11-15(16)17(21-22)12-5-8-19-9-6-12/h1-6,8-9,20H,7,10-11H2. The van der Waals surface area contributed by atoms with Gasteiger partial charge in [0.15, 0.2) is 0 Å². The van der Waals surface area contributed by atoms with Gasteiger partial charge in [0.25, 0.3) is 0 Å². The van der Waals surface area contributed by atoms with E-state index in [1.165, 1.54) is 23.4 Å². The molecule has 0 aliphatic carbocycles. The summed E-state index contributed by atoms with van der Waals surface area (Å²) in [4.78, 5) is 4.07. The number of aromatic nitrogens is 3. The van der Waals surface area contributed by atoms with Gasteiger partial charge >= 0.3 is 0 Å². The van der Waals surface area contributed by atoms with Gasteiger partial charge in [-0.3, -0.25) is 4.98 Å². The Labute approximate surface area is 127 Å². The Morgan fingerprint density at radius 3 is 2.59 bits per heavy atom. The highest BCUT2D eigenvalue weighted by Gasteiger charge is 2.22. The molecule has 0 saturated heterocycles. The van der Waals surface area contributed by atoms with Crippen LogP contribution in [0, 0.1) is 5.82 Å². The summed E-state index contributed by atoms with van der Waals surface area (Å²) in [5.74, 6) is -0.235. The molecule has 0 atom stereocenters. The predicted molar refractivity (Wildman–Crippen MR) is 82.2 cm³/mol. The first-order chi connectivity index (χ1) is 10.8.